The van der Waals surface area contributed by atoms with Gasteiger partial charge in [-0.05, 0) is 160 Å². The minimum Gasteiger partial charge on any atom is -0.143 e. The second kappa shape index (κ2) is 18.9. The molecule has 0 fully saturated rings. The summed E-state index contributed by atoms with van der Waals surface area (Å²) in [5.74, 6) is 0. The molecule has 0 bridgehead atoms. The fourth-order valence-corrected chi connectivity index (χ4v) is 40.1. The van der Waals surface area contributed by atoms with Crippen LogP contribution in [0.25, 0.3) is 143 Å². The zero-order chi connectivity index (χ0) is 55.9. The average molecular weight is 1570 g/mol. The van der Waals surface area contributed by atoms with Crippen molar-refractivity contribution in [2.75, 3.05) is 0 Å². The summed E-state index contributed by atoms with van der Waals surface area (Å²) in [4.78, 5) is 21.7. The smallest absolute Gasteiger partial charge is 0.0502 e. The maximum Gasteiger partial charge on any atom is 0.0502 e. The fraction of sp³-hybridized carbons (Fsp3) is 0.129. The first-order valence-corrected chi connectivity index (χ1v) is 43.6. The van der Waals surface area contributed by atoms with Gasteiger partial charge in [-0.25, -0.2) is 0 Å². The third-order valence-electron chi connectivity index (χ3n) is 17.3. The van der Waals surface area contributed by atoms with Gasteiger partial charge in [-0.3, -0.25) is 0 Å². The van der Waals surface area contributed by atoms with Crippen molar-refractivity contribution in [3.63, 3.8) is 0 Å². The molecule has 0 saturated carbocycles. The van der Waals surface area contributed by atoms with Crippen LogP contribution in [0.4, 0.5) is 0 Å². The van der Waals surface area contributed by atoms with Crippen LogP contribution in [0.5, 0.6) is 0 Å². The number of nitrogens with zero attached hydrogens (tertiary/aromatic N) is 1. The van der Waals surface area contributed by atoms with Crippen LogP contribution in [0.1, 0.15) is 76.5 Å². The van der Waals surface area contributed by atoms with E-state index in [9.17, 15) is 0 Å². The summed E-state index contributed by atoms with van der Waals surface area (Å²) in [6.45, 7) is 4.48. The SMILES string of the molecule is Brc1cc2sc3c(c2s1)Cc1c-3sc2c3c(sc12)-c1sc2cc(Br)sc2c1C3.Cc1cc2sc3c(c2s1)Cc1c-3sc2c3c(sc12)-c1sc2cc(C)sc2c1C3.[B]=NS.c1cc2sc3c(c2s1)Cc1c-3sc2c3c(sc12)-c1sc2ccsc2c1C3. The van der Waals surface area contributed by atoms with E-state index in [1.165, 1.54) is 64.3 Å². The van der Waals surface area contributed by atoms with E-state index in [4.69, 9.17) is 0 Å². The Balaban J connectivity index is 0.0000000865. The molecule has 0 atom stereocenters. The van der Waals surface area contributed by atoms with Crippen molar-refractivity contribution in [1.29, 1.82) is 0 Å². The molecule has 0 N–H and O–H groups in total. The molecular formula is C62H27BBr2NS19. The van der Waals surface area contributed by atoms with Crippen molar-refractivity contribution < 1.29 is 0 Å². The maximum absolute atomic E-state index is 4.34. The number of thiophene rings is 18. The summed E-state index contributed by atoms with van der Waals surface area (Å²) in [7, 11) is 4.34. The Hall–Kier alpha value is -1.89. The van der Waals surface area contributed by atoms with Gasteiger partial charge in [0.15, 0.2) is 0 Å². The molecule has 0 unspecified atom stereocenters. The van der Waals surface area contributed by atoms with Crippen LogP contribution in [0.3, 0.4) is 0 Å². The molecule has 18 heterocycles. The number of halogens is 2. The Labute approximate surface area is 579 Å². The van der Waals surface area contributed by atoms with E-state index in [1.807, 2.05) is 136 Å². The van der Waals surface area contributed by atoms with Crippen molar-refractivity contribution in [2.24, 2.45) is 4.30 Å². The van der Waals surface area contributed by atoms with Gasteiger partial charge >= 0.3 is 24.8 Å². The van der Waals surface area contributed by atoms with E-state index in [0.29, 0.717) is 0 Å². The molecule has 1 nitrogen and oxygen atoms in total. The van der Waals surface area contributed by atoms with Crippen molar-refractivity contribution >= 4 is 341 Å². The third kappa shape index (κ3) is 7.22. The summed E-state index contributed by atoms with van der Waals surface area (Å²) in [5, 5.41) is 4.49. The topological polar surface area (TPSA) is 12.4 Å². The van der Waals surface area contributed by atoms with Crippen LogP contribution in [0.15, 0.2) is 59.0 Å². The van der Waals surface area contributed by atoms with E-state index < -0.39 is 0 Å². The molecule has 6 aliphatic carbocycles. The molecule has 411 valence electrons. The molecular weight excluding hydrogens is 1540 g/mol. The fourth-order valence-electron chi connectivity index (χ4n) is 13.9. The summed E-state index contributed by atoms with van der Waals surface area (Å²) in [6.07, 6.45) is 6.84. The summed E-state index contributed by atoms with van der Waals surface area (Å²) >= 11 is 46.6. The Kier molecular flexibility index (Phi) is 11.7. The predicted molar refractivity (Wildman–Crippen MR) is 410 cm³/mol. The monoisotopic (exact) mass is 1560 g/mol. The average Bonchev–Trinajstić information content (AvgIpc) is 1.77. The third-order valence-corrected chi connectivity index (χ3v) is 41.9. The Morgan fingerprint density at radius 3 is 0.824 bits per heavy atom. The zero-order valence-corrected chi connectivity index (χ0v) is 62.2. The quantitative estimate of drug-likeness (QED) is 0.115. The largest absolute Gasteiger partial charge is 0.143 e. The van der Waals surface area contributed by atoms with Crippen molar-refractivity contribution in [3.05, 3.63) is 131 Å². The van der Waals surface area contributed by atoms with Gasteiger partial charge in [0, 0.05) is 95.3 Å². The first-order chi connectivity index (χ1) is 41.6. The van der Waals surface area contributed by atoms with E-state index in [-0.39, 0.29) is 0 Å². The van der Waals surface area contributed by atoms with E-state index in [1.54, 1.807) is 163 Å². The number of thiol groups is 1. The molecule has 23 heteroatoms. The number of fused-ring (bicyclic) bond motifs is 39. The van der Waals surface area contributed by atoms with E-state index in [0.717, 1.165) is 38.5 Å². The van der Waals surface area contributed by atoms with Gasteiger partial charge < -0.3 is 0 Å². The summed E-state index contributed by atoms with van der Waals surface area (Å²) in [5.41, 5.74) is 19.3. The molecule has 0 spiro atoms. The van der Waals surface area contributed by atoms with Gasteiger partial charge in [-0.15, -0.1) is 204 Å². The molecule has 18 aromatic heterocycles. The summed E-state index contributed by atoms with van der Waals surface area (Å²) in [6, 6.07) is 13.9. The molecule has 0 aliphatic heterocycles. The normalized spacial score (nSPS) is 14.2. The first kappa shape index (κ1) is 52.7. The van der Waals surface area contributed by atoms with Crippen LogP contribution >= 0.6 is 249 Å². The van der Waals surface area contributed by atoms with Crippen LogP contribution in [-0.2, 0) is 38.5 Å². The number of rotatable bonds is 0. The second-order valence-electron chi connectivity index (χ2n) is 21.9. The minimum absolute atomic E-state index is 1.12. The first-order valence-electron chi connectivity index (χ1n) is 26.8. The Bertz CT molecular complexity index is 5430. The van der Waals surface area contributed by atoms with Crippen LogP contribution < -0.4 is 0 Å². The van der Waals surface area contributed by atoms with Crippen molar-refractivity contribution in [3.8, 4) is 58.5 Å². The standard InChI is InChI=1S/C22H12S6.C20H6Br2S6.C20H8S6.BHNS/c1-7-3-13-15(23-7)9-5-11-19(17(9)25-13)27-22-12-6-10-16-14(4-8(2)24-16)26-18(10)20(12)28-21(11)22;21-11-3-9-13(25-11)5-1-7-17(15(5)23-9)27-20-8-2-6-14-10(4-12(22)26-14)24-16(6)18(8)28-19(7)20;1-3-21-13-7-5-9-17(15(7)23-11(1)13)25-20-10-6-8-14-12(2-4-22-14)24-16(8)18(10)26-19(9)20;1-2-3/h3-4H,5-6H2,1-2H3;3-4H,1-2H2;1-4H,5-6H2;3H. The molecule has 0 aromatic carbocycles. The number of hydrogen-bond acceptors (Lipinski definition) is 20. The maximum atomic E-state index is 4.34. The van der Waals surface area contributed by atoms with Crippen molar-refractivity contribution in [1.82, 2.24) is 0 Å². The molecule has 1 radical (unpaired) electrons. The van der Waals surface area contributed by atoms with Gasteiger partial charge in [0.05, 0.1) is 104 Å². The predicted octanol–water partition coefficient (Wildman–Crippen LogP) is 28.3. The Morgan fingerprint density at radius 1 is 0.306 bits per heavy atom. The van der Waals surface area contributed by atoms with Crippen LogP contribution in [0, 0.1) is 13.8 Å². The molecule has 18 aromatic rings. The van der Waals surface area contributed by atoms with Gasteiger partial charge in [0.2, 0.25) is 0 Å². The van der Waals surface area contributed by atoms with Gasteiger partial charge in [-0.2, -0.15) is 0 Å². The molecule has 6 aliphatic rings. The van der Waals surface area contributed by atoms with Gasteiger partial charge in [0.25, 0.3) is 0 Å². The van der Waals surface area contributed by atoms with E-state index >= 15 is 0 Å². The Morgan fingerprint density at radius 2 is 0.529 bits per heavy atom. The molecule has 24 rings (SSSR count). The second-order valence-corrected chi connectivity index (χ2v) is 43.8. The molecule has 0 saturated heterocycles. The zero-order valence-electron chi connectivity index (χ0n) is 43.4. The number of aryl methyl sites for hydroxylation is 2. The van der Waals surface area contributed by atoms with Gasteiger partial charge in [-0.1, -0.05) is 0 Å². The van der Waals surface area contributed by atoms with Gasteiger partial charge in [0.1, 0.15) is 0 Å². The van der Waals surface area contributed by atoms with Crippen molar-refractivity contribution in [2.45, 2.75) is 52.4 Å². The van der Waals surface area contributed by atoms with Crippen LogP contribution in [-0.4, -0.2) is 7.64 Å². The molecule has 0 amide bonds. The number of hydrogen-bond donors (Lipinski definition) is 1. The molecule has 85 heavy (non-hydrogen) atoms. The minimum atomic E-state index is 1.12. The van der Waals surface area contributed by atoms with Crippen LogP contribution in [0.2, 0.25) is 0 Å². The summed E-state index contributed by atoms with van der Waals surface area (Å²) < 4.78 is 32.7. The van der Waals surface area contributed by atoms with E-state index in [2.05, 4.69) is 186 Å².